The van der Waals surface area contributed by atoms with E-state index in [2.05, 4.69) is 5.32 Å². The first kappa shape index (κ1) is 14.1. The number of nitrogens with one attached hydrogen (secondary N) is 1. The minimum Gasteiger partial charge on any atom is -0.398 e. The Morgan fingerprint density at radius 1 is 1.25 bits per heavy atom. The van der Waals surface area contributed by atoms with Gasteiger partial charge in [0.1, 0.15) is 0 Å². The van der Waals surface area contributed by atoms with Gasteiger partial charge in [-0.3, -0.25) is 4.79 Å². The minimum absolute atomic E-state index is 0.149. The summed E-state index contributed by atoms with van der Waals surface area (Å²) in [5.41, 5.74) is 8.39. The first-order valence-electron chi connectivity index (χ1n) is 6.45. The lowest BCUT2D eigenvalue weighted by Crippen LogP contribution is -2.29. The van der Waals surface area contributed by atoms with Crippen LogP contribution in [0.3, 0.4) is 0 Å². The van der Waals surface area contributed by atoms with Gasteiger partial charge in [0, 0.05) is 12.2 Å². The van der Waals surface area contributed by atoms with Crippen molar-refractivity contribution in [1.29, 1.82) is 0 Å². The Kier molecular flexibility index (Phi) is 4.38. The third-order valence-corrected chi connectivity index (χ3v) is 3.09. The van der Waals surface area contributed by atoms with Crippen molar-refractivity contribution in [2.24, 2.45) is 0 Å². The van der Waals surface area contributed by atoms with E-state index in [1.165, 1.54) is 0 Å². The van der Waals surface area contributed by atoms with Gasteiger partial charge in [-0.15, -0.1) is 0 Å². The molecule has 0 aliphatic carbocycles. The topological polar surface area (TPSA) is 75.4 Å². The number of hydrogen-bond donors (Lipinski definition) is 3. The van der Waals surface area contributed by atoms with E-state index < -0.39 is 6.10 Å². The van der Waals surface area contributed by atoms with Crippen LogP contribution >= 0.6 is 0 Å². The van der Waals surface area contributed by atoms with E-state index in [0.717, 1.165) is 11.1 Å². The van der Waals surface area contributed by atoms with Crippen LogP contribution in [-0.2, 0) is 0 Å². The third kappa shape index (κ3) is 3.36. The molecule has 0 aromatic heterocycles. The fraction of sp³-hybridized carbons (Fsp3) is 0.188. The van der Waals surface area contributed by atoms with Crippen LogP contribution in [0, 0.1) is 6.92 Å². The third-order valence-electron chi connectivity index (χ3n) is 3.09. The molecule has 104 valence electrons. The molecular formula is C16H18N2O2. The normalized spacial score (nSPS) is 11.9. The summed E-state index contributed by atoms with van der Waals surface area (Å²) in [6, 6.07) is 14.5. The molecule has 4 nitrogen and oxygen atoms in total. The number of aryl methyl sites for hydroxylation is 1. The maximum absolute atomic E-state index is 12.1. The van der Waals surface area contributed by atoms with Gasteiger partial charge in [0.25, 0.3) is 5.91 Å². The molecule has 0 saturated carbocycles. The number of amides is 1. The van der Waals surface area contributed by atoms with Gasteiger partial charge in [0.05, 0.1) is 11.7 Å². The predicted octanol–water partition coefficient (Wildman–Crippen LogP) is 2.04. The largest absolute Gasteiger partial charge is 0.398 e. The molecule has 4 N–H and O–H groups in total. The number of aliphatic hydroxyl groups is 1. The number of rotatable bonds is 4. The molecule has 20 heavy (non-hydrogen) atoms. The van der Waals surface area contributed by atoms with Crippen LogP contribution in [0.1, 0.15) is 27.6 Å². The summed E-state index contributed by atoms with van der Waals surface area (Å²) in [4.78, 5) is 12.1. The number of benzene rings is 2. The average molecular weight is 270 g/mol. The summed E-state index contributed by atoms with van der Waals surface area (Å²) in [5, 5.41) is 12.7. The Morgan fingerprint density at radius 2 is 1.95 bits per heavy atom. The van der Waals surface area contributed by atoms with E-state index in [0.29, 0.717) is 11.3 Å². The van der Waals surface area contributed by atoms with E-state index in [4.69, 9.17) is 5.73 Å². The fourth-order valence-corrected chi connectivity index (χ4v) is 1.94. The van der Waals surface area contributed by atoms with Crippen molar-refractivity contribution in [1.82, 2.24) is 5.32 Å². The first-order chi connectivity index (χ1) is 9.58. The zero-order chi connectivity index (χ0) is 14.5. The van der Waals surface area contributed by atoms with Gasteiger partial charge in [0.15, 0.2) is 0 Å². The zero-order valence-electron chi connectivity index (χ0n) is 11.3. The fourth-order valence-electron chi connectivity index (χ4n) is 1.94. The van der Waals surface area contributed by atoms with Crippen molar-refractivity contribution >= 4 is 11.6 Å². The van der Waals surface area contributed by atoms with Crippen molar-refractivity contribution in [2.45, 2.75) is 13.0 Å². The zero-order valence-corrected chi connectivity index (χ0v) is 11.3. The molecule has 1 amide bonds. The van der Waals surface area contributed by atoms with Crippen molar-refractivity contribution in [3.63, 3.8) is 0 Å². The van der Waals surface area contributed by atoms with Gasteiger partial charge in [0.2, 0.25) is 0 Å². The van der Waals surface area contributed by atoms with Gasteiger partial charge >= 0.3 is 0 Å². The number of nitrogen functional groups attached to an aromatic ring is 1. The SMILES string of the molecule is Cc1ccc(N)c(C(=O)NCC(O)c2ccccc2)c1. The summed E-state index contributed by atoms with van der Waals surface area (Å²) in [5.74, 6) is -0.277. The van der Waals surface area contributed by atoms with E-state index in [1.807, 2.05) is 43.3 Å². The first-order valence-corrected chi connectivity index (χ1v) is 6.45. The highest BCUT2D eigenvalue weighted by Gasteiger charge is 2.12. The predicted molar refractivity (Wildman–Crippen MR) is 79.3 cm³/mol. The molecule has 2 aromatic rings. The summed E-state index contributed by atoms with van der Waals surface area (Å²) < 4.78 is 0. The number of anilines is 1. The molecule has 0 heterocycles. The molecule has 0 bridgehead atoms. The van der Waals surface area contributed by atoms with Crippen molar-refractivity contribution < 1.29 is 9.90 Å². The van der Waals surface area contributed by atoms with Crippen LogP contribution in [0.5, 0.6) is 0 Å². The lowest BCUT2D eigenvalue weighted by molar-refractivity contribution is 0.0917. The Balaban J connectivity index is 2.00. The molecule has 0 aliphatic rings. The molecule has 1 atom stereocenters. The smallest absolute Gasteiger partial charge is 0.253 e. The van der Waals surface area contributed by atoms with Gasteiger partial charge in [-0.2, -0.15) is 0 Å². The summed E-state index contributed by atoms with van der Waals surface area (Å²) >= 11 is 0. The van der Waals surface area contributed by atoms with Crippen molar-refractivity contribution in [3.05, 3.63) is 65.2 Å². The molecule has 0 saturated heterocycles. The number of carbonyl (C=O) groups excluding carboxylic acids is 1. The standard InChI is InChI=1S/C16H18N2O2/c1-11-7-8-14(17)13(9-11)16(20)18-10-15(19)12-5-3-2-4-6-12/h2-9,15,19H,10,17H2,1H3,(H,18,20). The van der Waals surface area contributed by atoms with Gasteiger partial charge in [-0.05, 0) is 24.6 Å². The molecule has 1 unspecified atom stereocenters. The highest BCUT2D eigenvalue weighted by Crippen LogP contribution is 2.15. The van der Waals surface area contributed by atoms with E-state index in [-0.39, 0.29) is 12.5 Å². The van der Waals surface area contributed by atoms with Crippen LogP contribution < -0.4 is 11.1 Å². The second-order valence-electron chi connectivity index (χ2n) is 4.73. The molecule has 0 aliphatic heterocycles. The van der Waals surface area contributed by atoms with E-state index in [9.17, 15) is 9.90 Å². The summed E-state index contributed by atoms with van der Waals surface area (Å²) in [6.45, 7) is 2.05. The quantitative estimate of drug-likeness (QED) is 0.744. The monoisotopic (exact) mass is 270 g/mol. The highest BCUT2D eigenvalue weighted by atomic mass is 16.3. The van der Waals surface area contributed by atoms with Crippen LogP contribution in [0.25, 0.3) is 0 Å². The van der Waals surface area contributed by atoms with Crippen LogP contribution in [0.2, 0.25) is 0 Å². The Morgan fingerprint density at radius 3 is 2.65 bits per heavy atom. The van der Waals surface area contributed by atoms with E-state index in [1.54, 1.807) is 12.1 Å². The van der Waals surface area contributed by atoms with Crippen molar-refractivity contribution in [2.75, 3.05) is 12.3 Å². The number of aliphatic hydroxyl groups excluding tert-OH is 1. The van der Waals surface area contributed by atoms with Crippen LogP contribution in [-0.4, -0.2) is 17.6 Å². The maximum Gasteiger partial charge on any atom is 0.253 e. The Bertz CT molecular complexity index is 597. The maximum atomic E-state index is 12.1. The molecule has 0 spiro atoms. The Labute approximate surface area is 118 Å². The number of carbonyl (C=O) groups is 1. The lowest BCUT2D eigenvalue weighted by atomic mass is 10.1. The minimum atomic E-state index is -0.730. The number of nitrogens with two attached hydrogens (primary N) is 1. The molecule has 2 rings (SSSR count). The molecular weight excluding hydrogens is 252 g/mol. The van der Waals surface area contributed by atoms with E-state index >= 15 is 0 Å². The number of hydrogen-bond acceptors (Lipinski definition) is 3. The summed E-state index contributed by atoms with van der Waals surface area (Å²) in [7, 11) is 0. The summed E-state index contributed by atoms with van der Waals surface area (Å²) in [6.07, 6.45) is -0.730. The second-order valence-corrected chi connectivity index (χ2v) is 4.73. The Hall–Kier alpha value is -2.33. The molecule has 0 fully saturated rings. The van der Waals surface area contributed by atoms with Crippen LogP contribution in [0.15, 0.2) is 48.5 Å². The lowest BCUT2D eigenvalue weighted by Gasteiger charge is -2.13. The van der Waals surface area contributed by atoms with Crippen LogP contribution in [0.4, 0.5) is 5.69 Å². The molecule has 0 radical (unpaired) electrons. The average Bonchev–Trinajstić information content (AvgIpc) is 2.47. The molecule has 2 aromatic carbocycles. The van der Waals surface area contributed by atoms with Gasteiger partial charge in [-0.1, -0.05) is 42.0 Å². The molecule has 4 heteroatoms. The van der Waals surface area contributed by atoms with Gasteiger partial charge < -0.3 is 16.2 Å². The highest BCUT2D eigenvalue weighted by molar-refractivity contribution is 5.99. The second kappa shape index (κ2) is 6.21. The van der Waals surface area contributed by atoms with Gasteiger partial charge in [-0.25, -0.2) is 0 Å². The van der Waals surface area contributed by atoms with Crippen molar-refractivity contribution in [3.8, 4) is 0 Å².